The van der Waals surface area contributed by atoms with Crippen LogP contribution in [0.25, 0.3) is 0 Å². The summed E-state index contributed by atoms with van der Waals surface area (Å²) >= 11 is 0. The van der Waals surface area contributed by atoms with Gasteiger partial charge in [0.2, 0.25) is 0 Å². The van der Waals surface area contributed by atoms with Crippen molar-refractivity contribution < 1.29 is 0 Å². The lowest BCUT2D eigenvalue weighted by atomic mass is 9.76. The van der Waals surface area contributed by atoms with E-state index in [2.05, 4.69) is 41.5 Å². The van der Waals surface area contributed by atoms with Crippen LogP contribution in [0.5, 0.6) is 0 Å². The molecule has 0 aliphatic heterocycles. The second-order valence-corrected chi connectivity index (χ2v) is 5.80. The van der Waals surface area contributed by atoms with Gasteiger partial charge in [0.15, 0.2) is 0 Å². The highest BCUT2D eigenvalue weighted by Gasteiger charge is 2.21. The second kappa shape index (κ2) is 8.19. The smallest absolute Gasteiger partial charge is 0.0365 e. The first-order chi connectivity index (χ1) is 7.02. The Morgan fingerprint density at radius 3 is 1.87 bits per heavy atom. The van der Waals surface area contributed by atoms with Crippen molar-refractivity contribution in [3.05, 3.63) is 0 Å². The first-order valence-electron chi connectivity index (χ1n) is 7.02. The minimum absolute atomic E-state index is 0.854. The fourth-order valence-electron chi connectivity index (χ4n) is 3.02. The Bertz CT molecular complexity index is 137. The summed E-state index contributed by atoms with van der Waals surface area (Å²) in [5, 5.41) is 0. The van der Waals surface area contributed by atoms with Crippen molar-refractivity contribution >= 4 is 0 Å². The predicted molar refractivity (Wildman–Crippen MR) is 71.1 cm³/mol. The lowest BCUT2D eigenvalue weighted by molar-refractivity contribution is 0.206. The van der Waals surface area contributed by atoms with Gasteiger partial charge in [-0.05, 0) is 30.1 Å². The van der Waals surface area contributed by atoms with E-state index in [9.17, 15) is 0 Å². The van der Waals surface area contributed by atoms with E-state index in [4.69, 9.17) is 0 Å². The third-order valence-corrected chi connectivity index (χ3v) is 3.79. The molecule has 0 radical (unpaired) electrons. The summed E-state index contributed by atoms with van der Waals surface area (Å²) in [5.74, 6) is 3.62. The molecule has 0 amide bonds. The minimum atomic E-state index is 0.854. The second-order valence-electron chi connectivity index (χ2n) is 5.80. The predicted octanol–water partition coefficient (Wildman–Crippen LogP) is 5.52. The molecule has 3 atom stereocenters. The van der Waals surface area contributed by atoms with Crippen molar-refractivity contribution in [2.24, 2.45) is 23.7 Å². The minimum Gasteiger partial charge on any atom is -0.0654 e. The van der Waals surface area contributed by atoms with Crippen molar-refractivity contribution in [2.75, 3.05) is 0 Å². The van der Waals surface area contributed by atoms with Gasteiger partial charge in [-0.1, -0.05) is 67.2 Å². The van der Waals surface area contributed by atoms with Crippen molar-refractivity contribution in [3.8, 4) is 0 Å². The van der Waals surface area contributed by atoms with E-state index < -0.39 is 0 Å². The normalized spacial score (nSPS) is 17.8. The molecule has 0 aliphatic carbocycles. The van der Waals surface area contributed by atoms with Gasteiger partial charge in [0, 0.05) is 0 Å². The summed E-state index contributed by atoms with van der Waals surface area (Å²) in [6.07, 6.45) is 6.94. The maximum atomic E-state index is 2.46. The van der Waals surface area contributed by atoms with Crippen LogP contribution >= 0.6 is 0 Å². The molecular formula is C15H32. The molecule has 0 nitrogen and oxygen atoms in total. The Hall–Kier alpha value is 0. The molecule has 0 saturated heterocycles. The Kier molecular flexibility index (Phi) is 8.19. The molecule has 0 rings (SSSR count). The third kappa shape index (κ3) is 6.22. The first-order valence-corrected chi connectivity index (χ1v) is 7.02. The van der Waals surface area contributed by atoms with Crippen molar-refractivity contribution in [1.29, 1.82) is 0 Å². The monoisotopic (exact) mass is 212 g/mol. The zero-order chi connectivity index (χ0) is 11.8. The maximum absolute atomic E-state index is 2.46. The zero-order valence-electron chi connectivity index (χ0n) is 11.8. The Balaban J connectivity index is 4.07. The van der Waals surface area contributed by atoms with Crippen LogP contribution in [-0.2, 0) is 0 Å². The lowest BCUT2D eigenvalue weighted by Gasteiger charge is -2.30. The van der Waals surface area contributed by atoms with Crippen molar-refractivity contribution in [1.82, 2.24) is 0 Å². The SMILES string of the molecule is CCCCC(C)C(CC)C(C)CC(C)C. The van der Waals surface area contributed by atoms with Gasteiger partial charge in [-0.25, -0.2) is 0 Å². The molecule has 0 aromatic heterocycles. The summed E-state index contributed by atoms with van der Waals surface area (Å²) in [6.45, 7) is 14.3. The molecule has 0 aromatic carbocycles. The number of rotatable bonds is 8. The highest BCUT2D eigenvalue weighted by Crippen LogP contribution is 2.31. The molecule has 0 spiro atoms. The van der Waals surface area contributed by atoms with Crippen molar-refractivity contribution in [2.45, 2.75) is 73.6 Å². The fourth-order valence-corrected chi connectivity index (χ4v) is 3.02. The Morgan fingerprint density at radius 1 is 0.867 bits per heavy atom. The average molecular weight is 212 g/mol. The van der Waals surface area contributed by atoms with Crippen LogP contribution in [0.2, 0.25) is 0 Å². The largest absolute Gasteiger partial charge is 0.0654 e. The van der Waals surface area contributed by atoms with E-state index in [1.807, 2.05) is 0 Å². The standard InChI is InChI=1S/C15H32/c1-7-9-10-13(5)15(8-2)14(6)11-12(3)4/h12-15H,7-11H2,1-6H3. The number of hydrogen-bond donors (Lipinski definition) is 0. The molecule has 3 unspecified atom stereocenters. The lowest BCUT2D eigenvalue weighted by Crippen LogP contribution is -2.20. The van der Waals surface area contributed by atoms with Crippen LogP contribution < -0.4 is 0 Å². The fraction of sp³-hybridized carbons (Fsp3) is 1.00. The molecule has 0 bridgehead atoms. The van der Waals surface area contributed by atoms with Crippen LogP contribution in [-0.4, -0.2) is 0 Å². The molecule has 92 valence electrons. The van der Waals surface area contributed by atoms with E-state index in [0.717, 1.165) is 23.7 Å². The number of hydrogen-bond acceptors (Lipinski definition) is 0. The summed E-state index contributed by atoms with van der Waals surface area (Å²) < 4.78 is 0. The van der Waals surface area contributed by atoms with E-state index in [1.165, 1.54) is 32.1 Å². The van der Waals surface area contributed by atoms with Gasteiger partial charge in [0.1, 0.15) is 0 Å². The highest BCUT2D eigenvalue weighted by atomic mass is 14.3. The van der Waals surface area contributed by atoms with E-state index in [-0.39, 0.29) is 0 Å². The van der Waals surface area contributed by atoms with Crippen LogP contribution in [0.1, 0.15) is 73.6 Å². The molecule has 0 fully saturated rings. The molecular weight excluding hydrogens is 180 g/mol. The average Bonchev–Trinajstić information content (AvgIpc) is 2.14. The van der Waals surface area contributed by atoms with Gasteiger partial charge >= 0.3 is 0 Å². The summed E-state index contributed by atoms with van der Waals surface area (Å²) in [6, 6.07) is 0. The molecule has 15 heavy (non-hydrogen) atoms. The Morgan fingerprint density at radius 2 is 1.47 bits per heavy atom. The van der Waals surface area contributed by atoms with Gasteiger partial charge in [-0.3, -0.25) is 0 Å². The third-order valence-electron chi connectivity index (χ3n) is 3.79. The van der Waals surface area contributed by atoms with Crippen LogP contribution in [0.15, 0.2) is 0 Å². The summed E-state index contributed by atoms with van der Waals surface area (Å²) in [5.41, 5.74) is 0. The zero-order valence-corrected chi connectivity index (χ0v) is 11.8. The quantitative estimate of drug-likeness (QED) is 0.497. The molecule has 0 aromatic rings. The molecule has 0 heterocycles. The topological polar surface area (TPSA) is 0 Å². The van der Waals surface area contributed by atoms with Crippen LogP contribution in [0.3, 0.4) is 0 Å². The first kappa shape index (κ1) is 15.0. The highest BCUT2D eigenvalue weighted by molar-refractivity contribution is 4.72. The Labute approximate surface area is 97.8 Å². The van der Waals surface area contributed by atoms with E-state index >= 15 is 0 Å². The van der Waals surface area contributed by atoms with E-state index in [0.29, 0.717) is 0 Å². The van der Waals surface area contributed by atoms with Crippen LogP contribution in [0.4, 0.5) is 0 Å². The molecule has 0 saturated carbocycles. The van der Waals surface area contributed by atoms with E-state index in [1.54, 1.807) is 0 Å². The van der Waals surface area contributed by atoms with Gasteiger partial charge in [0.05, 0.1) is 0 Å². The maximum Gasteiger partial charge on any atom is -0.0365 e. The van der Waals surface area contributed by atoms with Gasteiger partial charge in [-0.2, -0.15) is 0 Å². The molecule has 0 N–H and O–H groups in total. The number of unbranched alkanes of at least 4 members (excludes halogenated alkanes) is 1. The van der Waals surface area contributed by atoms with Gasteiger partial charge in [-0.15, -0.1) is 0 Å². The van der Waals surface area contributed by atoms with Gasteiger partial charge in [0.25, 0.3) is 0 Å². The summed E-state index contributed by atoms with van der Waals surface area (Å²) in [7, 11) is 0. The van der Waals surface area contributed by atoms with Crippen LogP contribution in [0, 0.1) is 23.7 Å². The molecule has 0 heteroatoms. The van der Waals surface area contributed by atoms with Gasteiger partial charge < -0.3 is 0 Å². The molecule has 0 aliphatic rings. The van der Waals surface area contributed by atoms with Crippen molar-refractivity contribution in [3.63, 3.8) is 0 Å². The summed E-state index contributed by atoms with van der Waals surface area (Å²) in [4.78, 5) is 0.